The van der Waals surface area contributed by atoms with Crippen LogP contribution in [0.2, 0.25) is 0 Å². The summed E-state index contributed by atoms with van der Waals surface area (Å²) in [4.78, 5) is 10.4. The molecule has 0 aromatic heterocycles. The number of hydrogen-bond acceptors (Lipinski definition) is 2. The quantitative estimate of drug-likeness (QED) is 0.380. The third kappa shape index (κ3) is 3.55. The monoisotopic (exact) mass is 158 g/mol. The van der Waals surface area contributed by atoms with Gasteiger partial charge in [0.2, 0.25) is 0 Å². The lowest BCUT2D eigenvalue weighted by atomic mass is 10.2. The number of ketones is 1. The number of rotatable bonds is 2. The van der Waals surface area contributed by atoms with Gasteiger partial charge in [-0.3, -0.25) is 4.79 Å². The molecule has 0 atom stereocenters. The number of carbonyl (C=O) groups is 1. The Labute approximate surface area is 65.0 Å². The minimum absolute atomic E-state index is 0.347. The van der Waals surface area contributed by atoms with Gasteiger partial charge in [0, 0.05) is 6.08 Å². The van der Waals surface area contributed by atoms with Gasteiger partial charge in [-0.05, 0) is 26.3 Å². The molecule has 0 spiro atoms. The van der Waals surface area contributed by atoms with Crippen LogP contribution in [0.4, 0.5) is 4.39 Å². The molecule has 0 saturated heterocycles. The Hall–Kier alpha value is -1.12. The second-order valence-electron chi connectivity index (χ2n) is 2.45. The van der Waals surface area contributed by atoms with Crippen LogP contribution in [-0.4, -0.2) is 10.9 Å². The van der Waals surface area contributed by atoms with Crippen molar-refractivity contribution in [2.45, 2.75) is 20.8 Å². The van der Waals surface area contributed by atoms with E-state index in [-0.39, 0.29) is 5.78 Å². The van der Waals surface area contributed by atoms with E-state index >= 15 is 0 Å². The van der Waals surface area contributed by atoms with Crippen molar-refractivity contribution in [2.75, 3.05) is 0 Å². The zero-order valence-electron chi connectivity index (χ0n) is 6.81. The predicted octanol–water partition coefficient (Wildman–Crippen LogP) is 2.28. The first-order valence-corrected chi connectivity index (χ1v) is 3.19. The summed E-state index contributed by atoms with van der Waals surface area (Å²) in [6.07, 6.45) is 0.850. The molecule has 0 bridgehead atoms. The average Bonchev–Trinajstić information content (AvgIpc) is 1.84. The molecule has 0 aromatic rings. The summed E-state index contributed by atoms with van der Waals surface area (Å²) in [5.74, 6) is -1.71. The zero-order chi connectivity index (χ0) is 9.02. The van der Waals surface area contributed by atoms with E-state index in [9.17, 15) is 9.18 Å². The van der Waals surface area contributed by atoms with Gasteiger partial charge in [-0.15, -0.1) is 0 Å². The second-order valence-corrected chi connectivity index (χ2v) is 2.45. The maximum Gasteiger partial charge on any atom is 0.163 e. The Morgan fingerprint density at radius 3 is 2.09 bits per heavy atom. The van der Waals surface area contributed by atoms with Crippen LogP contribution in [0.25, 0.3) is 0 Å². The van der Waals surface area contributed by atoms with E-state index in [1.807, 2.05) is 0 Å². The molecule has 0 radical (unpaired) electrons. The minimum Gasteiger partial charge on any atom is -0.505 e. The SMILES string of the molecule is CC(=O)C=C(O)C(F)=C(C)C. The maximum atomic E-state index is 12.7. The molecule has 3 heteroatoms. The van der Waals surface area contributed by atoms with E-state index in [0.717, 1.165) is 6.08 Å². The van der Waals surface area contributed by atoms with E-state index in [1.54, 1.807) is 0 Å². The van der Waals surface area contributed by atoms with Crippen molar-refractivity contribution in [1.29, 1.82) is 0 Å². The highest BCUT2D eigenvalue weighted by Crippen LogP contribution is 2.12. The van der Waals surface area contributed by atoms with Gasteiger partial charge in [0.25, 0.3) is 0 Å². The fourth-order valence-corrected chi connectivity index (χ4v) is 0.512. The highest BCUT2D eigenvalue weighted by Gasteiger charge is 2.03. The van der Waals surface area contributed by atoms with Crippen LogP contribution in [0.1, 0.15) is 20.8 Å². The van der Waals surface area contributed by atoms with E-state index in [0.29, 0.717) is 5.57 Å². The van der Waals surface area contributed by atoms with Crippen molar-refractivity contribution in [1.82, 2.24) is 0 Å². The lowest BCUT2D eigenvalue weighted by Gasteiger charge is -1.96. The van der Waals surface area contributed by atoms with Crippen molar-refractivity contribution in [3.8, 4) is 0 Å². The van der Waals surface area contributed by atoms with E-state index < -0.39 is 11.6 Å². The van der Waals surface area contributed by atoms with Crippen LogP contribution in [-0.2, 0) is 4.79 Å². The minimum atomic E-state index is -0.736. The van der Waals surface area contributed by atoms with Crippen LogP contribution in [0.5, 0.6) is 0 Å². The van der Waals surface area contributed by atoms with Crippen LogP contribution < -0.4 is 0 Å². The number of aliphatic hydroxyl groups excluding tert-OH is 1. The first kappa shape index (κ1) is 9.88. The van der Waals surface area contributed by atoms with Crippen LogP contribution in [0.15, 0.2) is 23.2 Å². The van der Waals surface area contributed by atoms with Gasteiger partial charge in [0.1, 0.15) is 0 Å². The first-order valence-electron chi connectivity index (χ1n) is 3.19. The van der Waals surface area contributed by atoms with Crippen LogP contribution in [0, 0.1) is 0 Å². The van der Waals surface area contributed by atoms with Gasteiger partial charge in [-0.25, -0.2) is 4.39 Å². The predicted molar refractivity (Wildman–Crippen MR) is 40.9 cm³/mol. The Morgan fingerprint density at radius 2 is 1.82 bits per heavy atom. The molecule has 62 valence electrons. The third-order valence-corrected chi connectivity index (χ3v) is 1.00. The summed E-state index contributed by atoms with van der Waals surface area (Å²) >= 11 is 0. The van der Waals surface area contributed by atoms with E-state index in [1.165, 1.54) is 20.8 Å². The molecule has 2 nitrogen and oxygen atoms in total. The van der Waals surface area contributed by atoms with E-state index in [4.69, 9.17) is 5.11 Å². The fraction of sp³-hybridized carbons (Fsp3) is 0.375. The average molecular weight is 158 g/mol. The Kier molecular flexibility index (Phi) is 3.51. The molecule has 0 saturated carbocycles. The Morgan fingerprint density at radius 1 is 1.36 bits per heavy atom. The molecule has 0 unspecified atom stereocenters. The summed E-state index contributed by atoms with van der Waals surface area (Å²) < 4.78 is 12.7. The van der Waals surface area contributed by atoms with Gasteiger partial charge in [-0.1, -0.05) is 0 Å². The summed E-state index contributed by atoms with van der Waals surface area (Å²) in [7, 11) is 0. The topological polar surface area (TPSA) is 37.3 Å². The maximum absolute atomic E-state index is 12.7. The number of aliphatic hydroxyl groups is 1. The van der Waals surface area contributed by atoms with Crippen molar-refractivity contribution in [2.24, 2.45) is 0 Å². The molecule has 0 rings (SSSR count). The first-order chi connectivity index (χ1) is 4.95. The number of carbonyl (C=O) groups excluding carboxylic acids is 1. The molecule has 0 aromatic carbocycles. The molecular formula is C8H11FO2. The summed E-state index contributed by atoms with van der Waals surface area (Å²) in [5.41, 5.74) is 0.347. The van der Waals surface area contributed by atoms with Gasteiger partial charge >= 0.3 is 0 Å². The summed E-state index contributed by atoms with van der Waals surface area (Å²) in [5, 5.41) is 8.87. The summed E-state index contributed by atoms with van der Waals surface area (Å²) in [6.45, 7) is 4.27. The zero-order valence-corrected chi connectivity index (χ0v) is 6.81. The normalized spacial score (nSPS) is 11.1. The smallest absolute Gasteiger partial charge is 0.163 e. The molecule has 0 amide bonds. The molecule has 0 aliphatic rings. The lowest BCUT2D eigenvalue weighted by Crippen LogP contribution is -1.90. The summed E-state index contributed by atoms with van der Waals surface area (Å²) in [6, 6.07) is 0. The molecule has 1 N–H and O–H groups in total. The van der Waals surface area contributed by atoms with Crippen molar-refractivity contribution < 1.29 is 14.3 Å². The molecule has 0 heterocycles. The van der Waals surface area contributed by atoms with Gasteiger partial charge in [-0.2, -0.15) is 0 Å². The van der Waals surface area contributed by atoms with Crippen molar-refractivity contribution in [3.63, 3.8) is 0 Å². The van der Waals surface area contributed by atoms with E-state index in [2.05, 4.69) is 0 Å². The van der Waals surface area contributed by atoms with Gasteiger partial charge in [0.15, 0.2) is 17.4 Å². The molecule has 0 aliphatic carbocycles. The standard InChI is InChI=1S/C8H11FO2/c1-5(2)8(9)7(11)4-6(3)10/h4,11H,1-3H3. The van der Waals surface area contributed by atoms with Crippen molar-refractivity contribution >= 4 is 5.78 Å². The van der Waals surface area contributed by atoms with Gasteiger partial charge < -0.3 is 5.11 Å². The third-order valence-electron chi connectivity index (χ3n) is 1.00. The number of halogens is 1. The fourth-order valence-electron chi connectivity index (χ4n) is 0.512. The lowest BCUT2D eigenvalue weighted by molar-refractivity contribution is -0.112. The van der Waals surface area contributed by atoms with Gasteiger partial charge in [0.05, 0.1) is 0 Å². The Balaban J connectivity index is 4.63. The molecule has 0 aliphatic heterocycles. The van der Waals surface area contributed by atoms with Crippen LogP contribution >= 0.6 is 0 Å². The largest absolute Gasteiger partial charge is 0.505 e. The highest BCUT2D eigenvalue weighted by molar-refractivity contribution is 5.88. The van der Waals surface area contributed by atoms with Crippen molar-refractivity contribution in [3.05, 3.63) is 23.2 Å². The highest BCUT2D eigenvalue weighted by atomic mass is 19.1. The van der Waals surface area contributed by atoms with Crippen LogP contribution in [0.3, 0.4) is 0 Å². The second kappa shape index (κ2) is 3.91. The number of hydrogen-bond donors (Lipinski definition) is 1. The number of allylic oxidation sites excluding steroid dienone is 3. The Bertz CT molecular complexity index is 222. The molecule has 11 heavy (non-hydrogen) atoms. The molecule has 0 fully saturated rings. The molecular weight excluding hydrogens is 147 g/mol.